The molecule has 0 spiro atoms. The van der Waals surface area contributed by atoms with Crippen molar-refractivity contribution < 1.29 is 4.74 Å². The number of aromatic nitrogens is 2. The molecule has 3 nitrogen and oxygen atoms in total. The monoisotopic (exact) mass is 286 g/mol. The molecule has 3 rings (SSSR count). The number of nitrogens with one attached hydrogen (secondary N) is 2. The van der Waals surface area contributed by atoms with Crippen LogP contribution in [0.4, 0.5) is 0 Å². The normalized spacial score (nSPS) is 10.9. The van der Waals surface area contributed by atoms with Gasteiger partial charge in [-0.15, -0.1) is 0 Å². The van der Waals surface area contributed by atoms with E-state index in [1.807, 2.05) is 42.7 Å². The molecule has 0 aliphatic rings. The molecule has 102 valence electrons. The van der Waals surface area contributed by atoms with Crippen molar-refractivity contribution in [3.63, 3.8) is 0 Å². The first-order valence-corrected chi connectivity index (χ1v) is 6.77. The zero-order chi connectivity index (χ0) is 13.9. The molecule has 0 amide bonds. The average molecular weight is 287 g/mol. The Morgan fingerprint density at radius 3 is 2.10 bits per heavy atom. The fraction of sp³-hybridized carbons (Fsp3) is 0.125. The molecule has 0 radical (unpaired) electrons. The van der Waals surface area contributed by atoms with Gasteiger partial charge in [-0.3, -0.25) is 0 Å². The zero-order valence-electron chi connectivity index (χ0n) is 11.1. The molecule has 0 saturated heterocycles. The predicted molar refractivity (Wildman–Crippen MR) is 80.5 cm³/mol. The third kappa shape index (κ3) is 2.32. The summed E-state index contributed by atoms with van der Waals surface area (Å²) in [6, 6.07) is 14.0. The Hall–Kier alpha value is -2.13. The highest BCUT2D eigenvalue weighted by Gasteiger charge is 2.19. The lowest BCUT2D eigenvalue weighted by Crippen LogP contribution is -2.04. The Bertz CT molecular complexity index is 640. The van der Waals surface area contributed by atoms with E-state index in [9.17, 15) is 0 Å². The fourth-order valence-electron chi connectivity index (χ4n) is 2.44. The standard InChI is InChI=1S/C16H15ClN2O/c1-20-15-7-6-11(10-12(15)17)16(13-4-2-8-18-13)14-5-3-9-19-14/h2-10,16,18-19H,1H3. The molecule has 0 aliphatic carbocycles. The molecule has 0 bridgehead atoms. The van der Waals surface area contributed by atoms with E-state index in [1.54, 1.807) is 7.11 Å². The van der Waals surface area contributed by atoms with E-state index in [0.29, 0.717) is 10.8 Å². The quantitative estimate of drug-likeness (QED) is 0.742. The molecule has 4 heteroatoms. The maximum atomic E-state index is 6.25. The molecule has 2 N–H and O–H groups in total. The Balaban J connectivity index is 2.08. The summed E-state index contributed by atoms with van der Waals surface area (Å²) < 4.78 is 5.21. The second-order valence-electron chi connectivity index (χ2n) is 4.58. The van der Waals surface area contributed by atoms with Crippen LogP contribution in [-0.4, -0.2) is 17.1 Å². The molecule has 1 aromatic carbocycles. The fourth-order valence-corrected chi connectivity index (χ4v) is 2.70. The van der Waals surface area contributed by atoms with Crippen LogP contribution in [0.3, 0.4) is 0 Å². The molecule has 3 aromatic rings. The highest BCUT2D eigenvalue weighted by Crippen LogP contribution is 2.34. The van der Waals surface area contributed by atoms with Gasteiger partial charge in [0.05, 0.1) is 18.1 Å². The van der Waals surface area contributed by atoms with Crippen LogP contribution in [0.25, 0.3) is 0 Å². The van der Waals surface area contributed by atoms with Gasteiger partial charge in [-0.2, -0.15) is 0 Å². The second-order valence-corrected chi connectivity index (χ2v) is 4.99. The molecule has 0 fully saturated rings. The van der Waals surface area contributed by atoms with Crippen molar-refractivity contribution in [1.29, 1.82) is 0 Å². The van der Waals surface area contributed by atoms with E-state index < -0.39 is 0 Å². The molecular weight excluding hydrogens is 272 g/mol. The van der Waals surface area contributed by atoms with Gasteiger partial charge in [0.2, 0.25) is 0 Å². The van der Waals surface area contributed by atoms with Crippen molar-refractivity contribution in [2.45, 2.75) is 5.92 Å². The maximum absolute atomic E-state index is 6.25. The minimum Gasteiger partial charge on any atom is -0.495 e. The molecule has 0 aliphatic heterocycles. The number of rotatable bonds is 4. The van der Waals surface area contributed by atoms with Gasteiger partial charge in [0.1, 0.15) is 5.75 Å². The topological polar surface area (TPSA) is 40.8 Å². The second kappa shape index (κ2) is 5.47. The molecule has 2 heterocycles. The van der Waals surface area contributed by atoms with Crippen LogP contribution in [0.1, 0.15) is 22.9 Å². The van der Waals surface area contributed by atoms with Crippen LogP contribution in [0.15, 0.2) is 54.9 Å². The maximum Gasteiger partial charge on any atom is 0.137 e. The number of aromatic amines is 2. The number of hydrogen-bond donors (Lipinski definition) is 2. The third-order valence-corrected chi connectivity index (χ3v) is 3.67. The number of benzene rings is 1. The number of ether oxygens (including phenoxy) is 1. The molecule has 0 saturated carbocycles. The molecule has 0 atom stereocenters. The van der Waals surface area contributed by atoms with Crippen LogP contribution < -0.4 is 4.74 Å². The van der Waals surface area contributed by atoms with Crippen molar-refractivity contribution in [2.24, 2.45) is 0 Å². The van der Waals surface area contributed by atoms with Crippen LogP contribution in [0.2, 0.25) is 5.02 Å². The lowest BCUT2D eigenvalue weighted by molar-refractivity contribution is 0.415. The zero-order valence-corrected chi connectivity index (χ0v) is 11.8. The number of halogens is 1. The Labute approximate surface area is 122 Å². The van der Waals surface area contributed by atoms with Crippen molar-refractivity contribution in [3.05, 3.63) is 76.8 Å². The van der Waals surface area contributed by atoms with Crippen LogP contribution >= 0.6 is 11.6 Å². The van der Waals surface area contributed by atoms with Crippen molar-refractivity contribution in [1.82, 2.24) is 9.97 Å². The SMILES string of the molecule is COc1ccc(C(c2ccc[nH]2)c2ccc[nH]2)cc1Cl. The van der Waals surface area contributed by atoms with Gasteiger partial charge in [0, 0.05) is 23.8 Å². The van der Waals surface area contributed by atoms with Gasteiger partial charge in [-0.05, 0) is 42.0 Å². The molecule has 20 heavy (non-hydrogen) atoms. The van der Waals surface area contributed by atoms with Gasteiger partial charge in [-0.1, -0.05) is 17.7 Å². The van der Waals surface area contributed by atoms with Crippen LogP contribution in [0.5, 0.6) is 5.75 Å². The van der Waals surface area contributed by atoms with E-state index in [4.69, 9.17) is 16.3 Å². The Morgan fingerprint density at radius 1 is 1.00 bits per heavy atom. The summed E-state index contributed by atoms with van der Waals surface area (Å²) in [6.07, 6.45) is 3.85. The minimum absolute atomic E-state index is 0.100. The molecular formula is C16H15ClN2O. The van der Waals surface area contributed by atoms with Crippen molar-refractivity contribution in [2.75, 3.05) is 7.11 Å². The summed E-state index contributed by atoms with van der Waals surface area (Å²) in [5.41, 5.74) is 3.35. The minimum atomic E-state index is 0.100. The first-order chi connectivity index (χ1) is 9.79. The largest absolute Gasteiger partial charge is 0.495 e. The van der Waals surface area contributed by atoms with Crippen molar-refractivity contribution in [3.8, 4) is 5.75 Å². The lowest BCUT2D eigenvalue weighted by atomic mass is 9.92. The van der Waals surface area contributed by atoms with Crippen LogP contribution in [-0.2, 0) is 0 Å². The predicted octanol–water partition coefficient (Wildman–Crippen LogP) is 4.19. The first kappa shape index (κ1) is 12.9. The van der Waals surface area contributed by atoms with E-state index >= 15 is 0 Å². The highest BCUT2D eigenvalue weighted by molar-refractivity contribution is 6.32. The molecule has 2 aromatic heterocycles. The smallest absolute Gasteiger partial charge is 0.137 e. The van der Waals surface area contributed by atoms with Gasteiger partial charge in [0.25, 0.3) is 0 Å². The summed E-state index contributed by atoms with van der Waals surface area (Å²) in [7, 11) is 1.62. The summed E-state index contributed by atoms with van der Waals surface area (Å²) in [6.45, 7) is 0. The van der Waals surface area contributed by atoms with Gasteiger partial charge in [0.15, 0.2) is 0 Å². The Kier molecular flexibility index (Phi) is 3.52. The summed E-state index contributed by atoms with van der Waals surface area (Å²) in [4.78, 5) is 6.56. The van der Waals surface area contributed by atoms with Gasteiger partial charge in [-0.25, -0.2) is 0 Å². The number of methoxy groups -OCH3 is 1. The molecule has 0 unspecified atom stereocenters. The van der Waals surface area contributed by atoms with E-state index in [1.165, 1.54) is 0 Å². The number of hydrogen-bond acceptors (Lipinski definition) is 1. The Morgan fingerprint density at radius 2 is 1.65 bits per heavy atom. The summed E-state index contributed by atoms with van der Waals surface area (Å²) >= 11 is 6.25. The van der Waals surface area contributed by atoms with E-state index in [0.717, 1.165) is 17.0 Å². The van der Waals surface area contributed by atoms with E-state index in [2.05, 4.69) is 22.1 Å². The van der Waals surface area contributed by atoms with Crippen molar-refractivity contribution >= 4 is 11.6 Å². The average Bonchev–Trinajstić information content (AvgIpc) is 3.13. The van der Waals surface area contributed by atoms with Gasteiger partial charge >= 0.3 is 0 Å². The number of H-pyrrole nitrogens is 2. The third-order valence-electron chi connectivity index (χ3n) is 3.38. The summed E-state index contributed by atoms with van der Waals surface area (Å²) in [5, 5.41) is 0.619. The lowest BCUT2D eigenvalue weighted by Gasteiger charge is -2.16. The van der Waals surface area contributed by atoms with Crippen LogP contribution in [0, 0.1) is 0 Å². The first-order valence-electron chi connectivity index (χ1n) is 6.39. The summed E-state index contributed by atoms with van der Waals surface area (Å²) in [5.74, 6) is 0.788. The highest BCUT2D eigenvalue weighted by atomic mass is 35.5. The van der Waals surface area contributed by atoms with E-state index in [-0.39, 0.29) is 5.92 Å². The van der Waals surface area contributed by atoms with Gasteiger partial charge < -0.3 is 14.7 Å².